The normalized spacial score (nSPS) is 23.4. The van der Waals surface area contributed by atoms with Crippen molar-refractivity contribution in [1.82, 2.24) is 10.2 Å². The van der Waals surface area contributed by atoms with E-state index in [1.54, 1.807) is 11.3 Å². The lowest BCUT2D eigenvalue weighted by atomic mass is 10.2. The molecule has 1 aromatic heterocycles. The molecule has 0 aromatic carbocycles. The smallest absolute Gasteiger partial charge is 0.0934 e. The third kappa shape index (κ3) is 3.15. The van der Waals surface area contributed by atoms with Crippen LogP contribution in [0.5, 0.6) is 0 Å². The molecule has 2 aliphatic carbocycles. The third-order valence-corrected chi connectivity index (χ3v) is 5.99. The average Bonchev–Trinajstić information content (AvgIpc) is 3.06. The third-order valence-electron chi connectivity index (χ3n) is 4.65. The number of thiophene rings is 1. The first-order chi connectivity index (χ1) is 9.24. The number of nitrogens with one attached hydrogen (secondary N) is 1. The molecule has 19 heavy (non-hydrogen) atoms. The van der Waals surface area contributed by atoms with Crippen LogP contribution in [0.2, 0.25) is 4.34 Å². The molecule has 1 atom stereocenters. The first-order valence-corrected chi connectivity index (χ1v) is 8.65. The standard InChI is InChI=1S/C15H23ClN2S/c1-18(11-4-2-3-5-11)9-8-17-13-6-7-14-12(13)10-15(16)19-14/h10-11,13,17H,2-9H2,1H3. The highest BCUT2D eigenvalue weighted by atomic mass is 35.5. The zero-order valence-electron chi connectivity index (χ0n) is 11.6. The van der Waals surface area contributed by atoms with E-state index in [0.717, 1.165) is 23.5 Å². The number of halogens is 1. The van der Waals surface area contributed by atoms with Gasteiger partial charge in [0.25, 0.3) is 0 Å². The molecule has 1 aromatic rings. The second-order valence-corrected chi connectivity index (χ2v) is 7.66. The highest BCUT2D eigenvalue weighted by molar-refractivity contribution is 7.16. The number of fused-ring (bicyclic) bond motifs is 1. The van der Waals surface area contributed by atoms with E-state index in [9.17, 15) is 0 Å². The van der Waals surface area contributed by atoms with Crippen molar-refractivity contribution in [2.24, 2.45) is 0 Å². The molecule has 2 aliphatic rings. The van der Waals surface area contributed by atoms with E-state index >= 15 is 0 Å². The van der Waals surface area contributed by atoms with Crippen molar-refractivity contribution in [1.29, 1.82) is 0 Å². The van der Waals surface area contributed by atoms with Crippen LogP contribution in [-0.2, 0) is 6.42 Å². The predicted molar refractivity (Wildman–Crippen MR) is 83.3 cm³/mol. The highest BCUT2D eigenvalue weighted by Gasteiger charge is 2.25. The minimum Gasteiger partial charge on any atom is -0.309 e. The van der Waals surface area contributed by atoms with Gasteiger partial charge in [-0.15, -0.1) is 11.3 Å². The van der Waals surface area contributed by atoms with Crippen LogP contribution in [0, 0.1) is 0 Å². The lowest BCUT2D eigenvalue weighted by molar-refractivity contribution is 0.242. The van der Waals surface area contributed by atoms with Crippen molar-refractivity contribution in [3.63, 3.8) is 0 Å². The summed E-state index contributed by atoms with van der Waals surface area (Å²) in [4.78, 5) is 4.03. The topological polar surface area (TPSA) is 15.3 Å². The fourth-order valence-corrected chi connectivity index (χ4v) is 4.84. The zero-order chi connectivity index (χ0) is 13.2. The SMILES string of the molecule is CN(CCNC1CCc2sc(Cl)cc21)C1CCCC1. The van der Waals surface area contributed by atoms with E-state index in [1.807, 2.05) is 0 Å². The summed E-state index contributed by atoms with van der Waals surface area (Å²) >= 11 is 7.85. The summed E-state index contributed by atoms with van der Waals surface area (Å²) in [5.74, 6) is 0. The first-order valence-electron chi connectivity index (χ1n) is 7.46. The Hall–Kier alpha value is -0.0900. The molecule has 0 radical (unpaired) electrons. The molecule has 0 amide bonds. The maximum absolute atomic E-state index is 6.10. The van der Waals surface area contributed by atoms with E-state index in [1.165, 1.54) is 49.0 Å². The average molecular weight is 299 g/mol. The van der Waals surface area contributed by atoms with Gasteiger partial charge in [-0.3, -0.25) is 0 Å². The highest BCUT2D eigenvalue weighted by Crippen LogP contribution is 2.39. The van der Waals surface area contributed by atoms with Gasteiger partial charge in [0.05, 0.1) is 4.34 Å². The fourth-order valence-electron chi connectivity index (χ4n) is 3.48. The number of rotatable bonds is 5. The van der Waals surface area contributed by atoms with Gasteiger partial charge in [-0.2, -0.15) is 0 Å². The van der Waals surface area contributed by atoms with Gasteiger partial charge in [-0.25, -0.2) is 0 Å². The Morgan fingerprint density at radius 1 is 1.37 bits per heavy atom. The Kier molecular flexibility index (Phi) is 4.47. The molecule has 1 heterocycles. The molecule has 2 nitrogen and oxygen atoms in total. The quantitative estimate of drug-likeness (QED) is 0.888. The molecule has 0 aliphatic heterocycles. The first kappa shape index (κ1) is 13.9. The van der Waals surface area contributed by atoms with Gasteiger partial charge in [0, 0.05) is 30.1 Å². The van der Waals surface area contributed by atoms with Gasteiger partial charge in [0.2, 0.25) is 0 Å². The Morgan fingerprint density at radius 3 is 2.95 bits per heavy atom. The van der Waals surface area contributed by atoms with Gasteiger partial charge in [-0.1, -0.05) is 24.4 Å². The van der Waals surface area contributed by atoms with Crippen molar-refractivity contribution in [3.8, 4) is 0 Å². The molecule has 1 N–H and O–H groups in total. The molecule has 1 saturated carbocycles. The molecule has 1 fully saturated rings. The van der Waals surface area contributed by atoms with E-state index in [-0.39, 0.29) is 0 Å². The van der Waals surface area contributed by atoms with Crippen LogP contribution in [0.15, 0.2) is 6.07 Å². The zero-order valence-corrected chi connectivity index (χ0v) is 13.2. The minimum absolute atomic E-state index is 0.538. The van der Waals surface area contributed by atoms with Crippen LogP contribution in [0.4, 0.5) is 0 Å². The second-order valence-electron chi connectivity index (χ2n) is 5.89. The molecule has 0 spiro atoms. The Balaban J connectivity index is 1.45. The Morgan fingerprint density at radius 2 is 2.16 bits per heavy atom. The maximum atomic E-state index is 6.10. The molecule has 3 rings (SSSR count). The van der Waals surface area contributed by atoms with Crippen LogP contribution >= 0.6 is 22.9 Å². The molecule has 0 saturated heterocycles. The van der Waals surface area contributed by atoms with Crippen LogP contribution < -0.4 is 5.32 Å². The summed E-state index contributed by atoms with van der Waals surface area (Å²) in [6.07, 6.45) is 8.06. The van der Waals surface area contributed by atoms with E-state index in [0.29, 0.717) is 6.04 Å². The van der Waals surface area contributed by atoms with Crippen LogP contribution in [0.1, 0.15) is 48.6 Å². The minimum atomic E-state index is 0.538. The molecule has 0 bridgehead atoms. The van der Waals surface area contributed by atoms with Crippen molar-refractivity contribution >= 4 is 22.9 Å². The summed E-state index contributed by atoms with van der Waals surface area (Å²) in [7, 11) is 2.28. The summed E-state index contributed by atoms with van der Waals surface area (Å²) in [6, 6.07) is 3.53. The van der Waals surface area contributed by atoms with Crippen LogP contribution in [0.3, 0.4) is 0 Å². The van der Waals surface area contributed by atoms with Crippen molar-refractivity contribution in [3.05, 3.63) is 20.8 Å². The lowest BCUT2D eigenvalue weighted by Gasteiger charge is -2.25. The lowest BCUT2D eigenvalue weighted by Crippen LogP contribution is -2.36. The van der Waals surface area contributed by atoms with Gasteiger partial charge in [0.1, 0.15) is 0 Å². The molecular formula is C15H23ClN2S. The van der Waals surface area contributed by atoms with Crippen LogP contribution in [0.25, 0.3) is 0 Å². The fraction of sp³-hybridized carbons (Fsp3) is 0.733. The van der Waals surface area contributed by atoms with Crippen molar-refractivity contribution in [2.45, 2.75) is 50.6 Å². The summed E-state index contributed by atoms with van der Waals surface area (Å²) in [5, 5.41) is 3.71. The molecule has 4 heteroatoms. The second kappa shape index (κ2) is 6.13. The number of likely N-dealkylation sites (N-methyl/N-ethyl adjacent to an activating group) is 1. The van der Waals surface area contributed by atoms with Gasteiger partial charge in [-0.05, 0) is 44.4 Å². The molecule has 106 valence electrons. The predicted octanol–water partition coefficient (Wildman–Crippen LogP) is 3.85. The summed E-state index contributed by atoms with van der Waals surface area (Å²) < 4.78 is 0.944. The van der Waals surface area contributed by atoms with Gasteiger partial charge >= 0.3 is 0 Å². The maximum Gasteiger partial charge on any atom is 0.0934 e. The van der Waals surface area contributed by atoms with Crippen molar-refractivity contribution < 1.29 is 0 Å². The van der Waals surface area contributed by atoms with E-state index < -0.39 is 0 Å². The van der Waals surface area contributed by atoms with Gasteiger partial charge < -0.3 is 10.2 Å². The van der Waals surface area contributed by atoms with Crippen LogP contribution in [-0.4, -0.2) is 31.1 Å². The van der Waals surface area contributed by atoms with Gasteiger partial charge in [0.15, 0.2) is 0 Å². The number of hydrogen-bond donors (Lipinski definition) is 1. The van der Waals surface area contributed by atoms with E-state index in [4.69, 9.17) is 11.6 Å². The monoisotopic (exact) mass is 298 g/mol. The number of nitrogens with zero attached hydrogens (tertiary/aromatic N) is 1. The largest absolute Gasteiger partial charge is 0.309 e. The Labute approximate surface area is 125 Å². The summed E-state index contributed by atoms with van der Waals surface area (Å²) in [5.41, 5.74) is 1.46. The Bertz CT molecular complexity index is 426. The number of aryl methyl sites for hydroxylation is 1. The molecule has 1 unspecified atom stereocenters. The van der Waals surface area contributed by atoms with E-state index in [2.05, 4.69) is 23.3 Å². The van der Waals surface area contributed by atoms with Crippen molar-refractivity contribution in [2.75, 3.05) is 20.1 Å². The summed E-state index contributed by atoms with van der Waals surface area (Å²) in [6.45, 7) is 2.25. The number of hydrogen-bond acceptors (Lipinski definition) is 3. The molecular weight excluding hydrogens is 276 g/mol.